The van der Waals surface area contributed by atoms with Gasteiger partial charge in [0.25, 0.3) is 0 Å². The number of carbonyl (C=O) groups is 1. The van der Waals surface area contributed by atoms with Crippen LogP contribution in [0.1, 0.15) is 13.3 Å². The highest BCUT2D eigenvalue weighted by Gasteiger charge is 2.18. The van der Waals surface area contributed by atoms with E-state index in [2.05, 4.69) is 4.99 Å². The van der Waals surface area contributed by atoms with Gasteiger partial charge in [0.05, 0.1) is 12.1 Å². The van der Waals surface area contributed by atoms with Crippen LogP contribution in [0.2, 0.25) is 0 Å². The maximum absolute atomic E-state index is 11.0. The Morgan fingerprint density at radius 2 is 2.36 bits per heavy atom. The fourth-order valence-corrected chi connectivity index (χ4v) is 0.909. The Kier molecular flexibility index (Phi) is 1.73. The van der Waals surface area contributed by atoms with Crippen molar-refractivity contribution < 1.29 is 4.79 Å². The Morgan fingerprint density at radius 3 is 2.82 bits per heavy atom. The number of aliphatic imine (C=N–C) groups is 1. The van der Waals surface area contributed by atoms with Gasteiger partial charge in [-0.15, -0.1) is 0 Å². The average Bonchev–Trinajstić information content (AvgIpc) is 1.85. The molecule has 0 aromatic heterocycles. The van der Waals surface area contributed by atoms with Gasteiger partial charge in [-0.25, -0.2) is 4.99 Å². The molecule has 2 N–H and O–H groups in total. The average molecular weight is 149 g/mol. The zero-order valence-electron chi connectivity index (χ0n) is 6.09. The highest BCUT2D eigenvalue weighted by atomic mass is 16.1. The van der Waals surface area contributed by atoms with Gasteiger partial charge in [0.2, 0.25) is 0 Å². The molecule has 0 atom stereocenters. The van der Waals surface area contributed by atoms with Crippen molar-refractivity contribution in [3.8, 4) is 6.07 Å². The number of nitrogens with zero attached hydrogens (tertiary/aromatic N) is 2. The molecule has 11 heavy (non-hydrogen) atoms. The first-order chi connectivity index (χ1) is 5.15. The molecule has 0 bridgehead atoms. The van der Waals surface area contributed by atoms with Crippen LogP contribution in [0.25, 0.3) is 0 Å². The second-order valence-corrected chi connectivity index (χ2v) is 2.28. The number of nitrogens with two attached hydrogens (primary N) is 1. The Labute approximate surface area is 64.0 Å². The summed E-state index contributed by atoms with van der Waals surface area (Å²) in [4.78, 5) is 14.8. The topological polar surface area (TPSA) is 79.2 Å². The molecule has 1 aliphatic rings. The van der Waals surface area contributed by atoms with Gasteiger partial charge in [-0.05, 0) is 6.92 Å². The Morgan fingerprint density at radius 1 is 1.73 bits per heavy atom. The molecule has 1 heterocycles. The summed E-state index contributed by atoms with van der Waals surface area (Å²) in [5.41, 5.74) is 5.86. The van der Waals surface area contributed by atoms with E-state index in [1.807, 2.05) is 0 Å². The highest BCUT2D eigenvalue weighted by Crippen LogP contribution is 2.13. The molecular weight excluding hydrogens is 142 g/mol. The molecule has 0 radical (unpaired) electrons. The molecule has 56 valence electrons. The lowest BCUT2D eigenvalue weighted by atomic mass is 10.1. The van der Waals surface area contributed by atoms with E-state index in [4.69, 9.17) is 11.0 Å². The van der Waals surface area contributed by atoms with Crippen LogP contribution in [0.4, 0.5) is 0 Å². The van der Waals surface area contributed by atoms with E-state index >= 15 is 0 Å². The molecule has 4 nitrogen and oxygen atoms in total. The van der Waals surface area contributed by atoms with Crippen molar-refractivity contribution in [2.75, 3.05) is 0 Å². The SMILES string of the molecule is CC1=C(C#N)C(=O)CC(N)=N1. The quantitative estimate of drug-likeness (QED) is 0.531. The molecule has 1 aliphatic heterocycles. The van der Waals surface area contributed by atoms with E-state index in [0.29, 0.717) is 5.70 Å². The summed E-state index contributed by atoms with van der Waals surface area (Å²) in [6.45, 7) is 1.60. The van der Waals surface area contributed by atoms with Gasteiger partial charge in [-0.3, -0.25) is 4.79 Å². The summed E-state index contributed by atoms with van der Waals surface area (Å²) >= 11 is 0. The number of rotatable bonds is 0. The smallest absolute Gasteiger partial charge is 0.182 e. The van der Waals surface area contributed by atoms with Crippen LogP contribution in [-0.4, -0.2) is 11.6 Å². The van der Waals surface area contributed by atoms with Crippen LogP contribution >= 0.6 is 0 Å². The van der Waals surface area contributed by atoms with Gasteiger partial charge in [-0.1, -0.05) is 0 Å². The monoisotopic (exact) mass is 149 g/mol. The Hall–Kier alpha value is -1.63. The standard InChI is InChI=1S/C7H7N3O/c1-4-5(3-8)6(11)2-7(9)10-4/h2H2,1H3,(H2,9,10). The summed E-state index contributed by atoms with van der Waals surface area (Å²) < 4.78 is 0. The molecule has 0 saturated carbocycles. The van der Waals surface area contributed by atoms with E-state index in [9.17, 15) is 4.79 Å². The number of hydrogen-bond acceptors (Lipinski definition) is 4. The fraction of sp³-hybridized carbons (Fsp3) is 0.286. The molecule has 4 heteroatoms. The van der Waals surface area contributed by atoms with E-state index in [-0.39, 0.29) is 23.6 Å². The lowest BCUT2D eigenvalue weighted by Gasteiger charge is -2.07. The minimum absolute atomic E-state index is 0.0697. The minimum Gasteiger partial charge on any atom is -0.387 e. The predicted molar refractivity (Wildman–Crippen MR) is 39.6 cm³/mol. The van der Waals surface area contributed by atoms with E-state index < -0.39 is 0 Å². The molecule has 0 aliphatic carbocycles. The minimum atomic E-state index is -0.238. The van der Waals surface area contributed by atoms with Gasteiger partial charge in [0, 0.05) is 0 Å². The molecular formula is C7H7N3O. The lowest BCUT2D eigenvalue weighted by Crippen LogP contribution is -2.22. The number of hydrogen-bond donors (Lipinski definition) is 1. The normalized spacial score (nSPS) is 17.8. The van der Waals surface area contributed by atoms with Gasteiger partial charge in [0.15, 0.2) is 5.78 Å². The Bertz CT molecular complexity index is 306. The number of allylic oxidation sites excluding steroid dienone is 2. The number of amidine groups is 1. The lowest BCUT2D eigenvalue weighted by molar-refractivity contribution is -0.114. The van der Waals surface area contributed by atoms with Crippen molar-refractivity contribution in [2.45, 2.75) is 13.3 Å². The Balaban J connectivity index is 3.15. The molecule has 0 saturated heterocycles. The predicted octanol–water partition coefficient (Wildman–Crippen LogP) is 0.114. The zero-order valence-corrected chi connectivity index (χ0v) is 6.09. The molecule has 0 aromatic rings. The molecule has 0 amide bonds. The summed E-state index contributed by atoms with van der Waals surface area (Å²) in [6, 6.07) is 1.79. The van der Waals surface area contributed by atoms with Crippen LogP contribution in [-0.2, 0) is 4.79 Å². The van der Waals surface area contributed by atoms with Crippen molar-refractivity contribution in [1.29, 1.82) is 5.26 Å². The van der Waals surface area contributed by atoms with Crippen LogP contribution in [0.5, 0.6) is 0 Å². The van der Waals surface area contributed by atoms with E-state index in [1.54, 1.807) is 13.0 Å². The second-order valence-electron chi connectivity index (χ2n) is 2.28. The zero-order chi connectivity index (χ0) is 8.43. The molecule has 1 rings (SSSR count). The second kappa shape index (κ2) is 2.54. The van der Waals surface area contributed by atoms with Gasteiger partial charge in [0.1, 0.15) is 17.5 Å². The van der Waals surface area contributed by atoms with Gasteiger partial charge < -0.3 is 5.73 Å². The van der Waals surface area contributed by atoms with Crippen LogP contribution in [0.3, 0.4) is 0 Å². The summed E-state index contributed by atoms with van der Waals surface area (Å²) in [5.74, 6) is 0.0454. The maximum atomic E-state index is 11.0. The molecule has 0 spiro atoms. The summed E-state index contributed by atoms with van der Waals surface area (Å²) in [5, 5.41) is 8.48. The summed E-state index contributed by atoms with van der Waals surface area (Å²) in [7, 11) is 0. The molecule has 0 fully saturated rings. The van der Waals surface area contributed by atoms with Crippen molar-refractivity contribution in [2.24, 2.45) is 10.7 Å². The number of Topliss-reactive ketones (excluding diaryl/α,β-unsaturated/α-hetero) is 1. The first-order valence-electron chi connectivity index (χ1n) is 3.12. The van der Waals surface area contributed by atoms with Crippen molar-refractivity contribution in [3.05, 3.63) is 11.3 Å². The third-order valence-electron chi connectivity index (χ3n) is 1.41. The number of ketones is 1. The van der Waals surface area contributed by atoms with Crippen LogP contribution < -0.4 is 5.73 Å². The number of nitriles is 1. The van der Waals surface area contributed by atoms with Gasteiger partial charge in [-0.2, -0.15) is 5.26 Å². The van der Waals surface area contributed by atoms with Crippen molar-refractivity contribution in [1.82, 2.24) is 0 Å². The van der Waals surface area contributed by atoms with Crippen molar-refractivity contribution in [3.63, 3.8) is 0 Å². The molecule has 0 aromatic carbocycles. The number of carbonyl (C=O) groups excluding carboxylic acids is 1. The largest absolute Gasteiger partial charge is 0.387 e. The summed E-state index contributed by atoms with van der Waals surface area (Å²) in [6.07, 6.45) is 0.0697. The van der Waals surface area contributed by atoms with Crippen molar-refractivity contribution >= 4 is 11.6 Å². The van der Waals surface area contributed by atoms with Crippen LogP contribution in [0.15, 0.2) is 16.3 Å². The third-order valence-corrected chi connectivity index (χ3v) is 1.41. The van der Waals surface area contributed by atoms with E-state index in [1.165, 1.54) is 0 Å². The first-order valence-corrected chi connectivity index (χ1v) is 3.12. The van der Waals surface area contributed by atoms with Gasteiger partial charge >= 0.3 is 0 Å². The fourth-order valence-electron chi connectivity index (χ4n) is 0.909. The highest BCUT2D eigenvalue weighted by molar-refractivity contribution is 6.12. The first kappa shape index (κ1) is 7.48. The third kappa shape index (κ3) is 1.27. The van der Waals surface area contributed by atoms with E-state index in [0.717, 1.165) is 0 Å². The van der Waals surface area contributed by atoms with Crippen LogP contribution in [0, 0.1) is 11.3 Å². The molecule has 0 unspecified atom stereocenters. The maximum Gasteiger partial charge on any atom is 0.182 e.